The standard InChI is InChI=1S/C26H28N2O7S2/c1-35-15-9-11(6-7-14(15)29)17-18-12-10-13(21(18)36-23-22(17)37-26(34)27-23)20-19(12)24(32)28(25(20)33)8-4-2-3-5-16(30)31/h6-7,9,12-13,17-21,29H,2-5,8,10H2,1H3,(H,27,34)(H,30,31)/t12-,13+,17-,18+,19+,20+,21+/m0/s1. The second-order valence-corrected chi connectivity index (χ2v) is 12.6. The number of carbonyl (C=O) groups is 3. The summed E-state index contributed by atoms with van der Waals surface area (Å²) in [6, 6.07) is 5.28. The number of likely N-dealkylation sites (tertiary alicyclic amines) is 1. The Kier molecular flexibility index (Phi) is 6.10. The molecule has 3 heterocycles. The first-order valence-electron chi connectivity index (χ1n) is 12.6. The maximum absolute atomic E-state index is 13.6. The lowest BCUT2D eigenvalue weighted by Gasteiger charge is -2.43. The number of carboxylic acid groups (broad SMARTS) is 1. The number of aromatic nitrogens is 1. The van der Waals surface area contributed by atoms with Gasteiger partial charge in [-0.25, -0.2) is 0 Å². The number of amides is 2. The van der Waals surface area contributed by atoms with E-state index < -0.39 is 5.97 Å². The number of unbranched alkanes of at least 4 members (excludes halogenated alkanes) is 2. The molecule has 9 nitrogen and oxygen atoms in total. The lowest BCUT2D eigenvalue weighted by atomic mass is 9.68. The number of carbonyl (C=O) groups excluding carboxylic acids is 2. The highest BCUT2D eigenvalue weighted by Crippen LogP contribution is 2.68. The van der Waals surface area contributed by atoms with Gasteiger partial charge < -0.3 is 19.9 Å². The zero-order chi connectivity index (χ0) is 26.0. The number of phenols is 1. The number of thiazole rings is 1. The molecule has 37 heavy (non-hydrogen) atoms. The minimum Gasteiger partial charge on any atom is -0.504 e. The Morgan fingerprint density at radius 3 is 2.62 bits per heavy atom. The number of benzene rings is 1. The lowest BCUT2D eigenvalue weighted by molar-refractivity contribution is -0.141. The van der Waals surface area contributed by atoms with Crippen molar-refractivity contribution in [1.29, 1.82) is 0 Å². The second kappa shape index (κ2) is 9.20. The number of fused-ring (bicyclic) bond motifs is 9. The third kappa shape index (κ3) is 3.80. The first-order valence-corrected chi connectivity index (χ1v) is 14.3. The number of imide groups is 1. The first kappa shape index (κ1) is 24.5. The highest BCUT2D eigenvalue weighted by molar-refractivity contribution is 8.00. The predicted octanol–water partition coefficient (Wildman–Crippen LogP) is 3.27. The summed E-state index contributed by atoms with van der Waals surface area (Å²) >= 11 is 2.83. The number of nitrogens with one attached hydrogen (secondary N) is 1. The fraction of sp³-hybridized carbons (Fsp3) is 0.538. The molecule has 2 saturated carbocycles. The van der Waals surface area contributed by atoms with Gasteiger partial charge in [0.25, 0.3) is 0 Å². The van der Waals surface area contributed by atoms with Crippen LogP contribution in [0.3, 0.4) is 0 Å². The average Bonchev–Trinajstić information content (AvgIpc) is 3.59. The van der Waals surface area contributed by atoms with Crippen molar-refractivity contribution in [3.8, 4) is 11.5 Å². The molecule has 1 saturated heterocycles. The number of carboxylic acids is 1. The quantitative estimate of drug-likeness (QED) is 0.340. The van der Waals surface area contributed by atoms with Crippen LogP contribution in [0.25, 0.3) is 0 Å². The molecule has 3 N–H and O–H groups in total. The van der Waals surface area contributed by atoms with E-state index >= 15 is 0 Å². The molecule has 4 aliphatic rings. The summed E-state index contributed by atoms with van der Waals surface area (Å²) in [6.45, 7) is 0.339. The van der Waals surface area contributed by atoms with Crippen LogP contribution in [0, 0.1) is 29.6 Å². The van der Waals surface area contributed by atoms with Gasteiger partial charge in [-0.1, -0.05) is 23.8 Å². The van der Waals surface area contributed by atoms with E-state index in [1.54, 1.807) is 17.8 Å². The van der Waals surface area contributed by atoms with Gasteiger partial charge in [0, 0.05) is 29.0 Å². The number of hydrogen-bond acceptors (Lipinski definition) is 8. The van der Waals surface area contributed by atoms with E-state index in [4.69, 9.17) is 9.84 Å². The second-order valence-electron chi connectivity index (χ2n) is 10.4. The molecule has 2 aliphatic carbocycles. The number of aromatic amines is 1. The fourth-order valence-electron chi connectivity index (χ4n) is 7.28. The molecule has 11 heteroatoms. The van der Waals surface area contributed by atoms with E-state index in [-0.39, 0.29) is 69.6 Å². The van der Waals surface area contributed by atoms with Gasteiger partial charge in [-0.3, -0.25) is 24.1 Å². The van der Waals surface area contributed by atoms with Crippen molar-refractivity contribution in [1.82, 2.24) is 9.88 Å². The number of aliphatic carboxylic acids is 1. The van der Waals surface area contributed by atoms with Crippen LogP contribution in [0.1, 0.15) is 48.5 Å². The van der Waals surface area contributed by atoms with Crippen molar-refractivity contribution in [3.63, 3.8) is 0 Å². The molecule has 2 bridgehead atoms. The molecule has 196 valence electrons. The number of H-pyrrole nitrogens is 1. The van der Waals surface area contributed by atoms with Crippen molar-refractivity contribution in [3.05, 3.63) is 38.3 Å². The molecular formula is C26H28N2O7S2. The summed E-state index contributed by atoms with van der Waals surface area (Å²) in [4.78, 5) is 55.4. The third-order valence-corrected chi connectivity index (χ3v) is 11.2. The monoisotopic (exact) mass is 544 g/mol. The van der Waals surface area contributed by atoms with Gasteiger partial charge in [0.2, 0.25) is 11.8 Å². The minimum absolute atomic E-state index is 0.0242. The van der Waals surface area contributed by atoms with Gasteiger partial charge in [0.15, 0.2) is 11.5 Å². The van der Waals surface area contributed by atoms with Crippen molar-refractivity contribution >= 4 is 40.9 Å². The Morgan fingerprint density at radius 2 is 1.89 bits per heavy atom. The van der Waals surface area contributed by atoms with Crippen LogP contribution in [-0.4, -0.2) is 56.8 Å². The van der Waals surface area contributed by atoms with Crippen LogP contribution in [-0.2, 0) is 14.4 Å². The van der Waals surface area contributed by atoms with E-state index in [0.29, 0.717) is 31.6 Å². The van der Waals surface area contributed by atoms with Crippen molar-refractivity contribution in [2.24, 2.45) is 29.6 Å². The van der Waals surface area contributed by atoms with E-state index in [1.807, 2.05) is 12.1 Å². The van der Waals surface area contributed by atoms with E-state index in [2.05, 4.69) is 4.98 Å². The highest BCUT2D eigenvalue weighted by atomic mass is 32.2. The van der Waals surface area contributed by atoms with Crippen molar-refractivity contribution in [2.45, 2.75) is 48.3 Å². The van der Waals surface area contributed by atoms with Crippen molar-refractivity contribution in [2.75, 3.05) is 13.7 Å². The van der Waals surface area contributed by atoms with Gasteiger partial charge in [0.05, 0.1) is 24.0 Å². The number of ether oxygens (including phenoxy) is 1. The van der Waals surface area contributed by atoms with Crippen LogP contribution < -0.4 is 9.61 Å². The third-order valence-electron chi connectivity index (χ3n) is 8.65. The normalized spacial score (nSPS) is 31.4. The molecule has 1 aromatic heterocycles. The Hall–Kier alpha value is -2.79. The van der Waals surface area contributed by atoms with Crippen LogP contribution >= 0.6 is 23.1 Å². The van der Waals surface area contributed by atoms with Gasteiger partial charge in [0.1, 0.15) is 0 Å². The topological polar surface area (TPSA) is 137 Å². The Morgan fingerprint density at radius 1 is 1.14 bits per heavy atom. The van der Waals surface area contributed by atoms with Gasteiger partial charge in [-0.15, -0.1) is 11.8 Å². The van der Waals surface area contributed by atoms with Crippen LogP contribution in [0.2, 0.25) is 0 Å². The SMILES string of the molecule is COc1cc([C@@H]2c3sc(=O)[nH]c3S[C@@H]3[C@@H]4C[C@H]([C@H]5C(=O)N(CCCCCC(=O)O)C(=O)[C@H]45)[C@H]23)ccc1O. The molecule has 0 spiro atoms. The minimum atomic E-state index is -0.838. The maximum atomic E-state index is 13.6. The Bertz CT molecular complexity index is 1340. The lowest BCUT2D eigenvalue weighted by Crippen LogP contribution is -2.42. The van der Waals surface area contributed by atoms with Gasteiger partial charge in [-0.05, 0) is 54.7 Å². The number of rotatable bonds is 8. The summed E-state index contributed by atoms with van der Waals surface area (Å²) in [7, 11) is 1.50. The molecule has 2 aliphatic heterocycles. The molecule has 2 amide bonds. The zero-order valence-corrected chi connectivity index (χ0v) is 21.8. The number of aromatic hydroxyl groups is 1. The van der Waals surface area contributed by atoms with Gasteiger partial charge in [-0.2, -0.15) is 0 Å². The maximum Gasteiger partial charge on any atom is 0.305 e. The van der Waals surface area contributed by atoms with Crippen LogP contribution in [0.15, 0.2) is 28.0 Å². The number of thioether (sulfide) groups is 1. The molecular weight excluding hydrogens is 516 g/mol. The van der Waals surface area contributed by atoms with E-state index in [0.717, 1.165) is 21.9 Å². The summed E-state index contributed by atoms with van der Waals surface area (Å²) in [5.41, 5.74) is 0.928. The summed E-state index contributed by atoms with van der Waals surface area (Å²) in [5, 5.41) is 19.9. The molecule has 0 unspecified atom stereocenters. The summed E-state index contributed by atoms with van der Waals surface area (Å²) in [6.07, 6.45) is 2.70. The number of phenolic OH excluding ortho intramolecular Hbond substituents is 1. The summed E-state index contributed by atoms with van der Waals surface area (Å²) < 4.78 is 5.37. The molecule has 2 aromatic rings. The van der Waals surface area contributed by atoms with Crippen molar-refractivity contribution < 1.29 is 29.3 Å². The highest BCUT2D eigenvalue weighted by Gasteiger charge is 2.69. The first-order chi connectivity index (χ1) is 17.8. The van der Waals surface area contributed by atoms with E-state index in [1.165, 1.54) is 23.3 Å². The number of nitrogens with zero attached hydrogens (tertiary/aromatic N) is 1. The average molecular weight is 545 g/mol. The molecule has 1 aromatic carbocycles. The Balaban J connectivity index is 1.31. The van der Waals surface area contributed by atoms with Crippen LogP contribution in [0.5, 0.6) is 11.5 Å². The van der Waals surface area contributed by atoms with Crippen LogP contribution in [0.4, 0.5) is 0 Å². The zero-order valence-electron chi connectivity index (χ0n) is 20.2. The number of hydrogen-bond donors (Lipinski definition) is 3. The molecule has 0 radical (unpaired) electrons. The Labute approximate surface area is 221 Å². The predicted molar refractivity (Wildman–Crippen MR) is 136 cm³/mol. The largest absolute Gasteiger partial charge is 0.504 e. The molecule has 3 fully saturated rings. The van der Waals surface area contributed by atoms with E-state index in [9.17, 15) is 24.3 Å². The molecule has 7 atom stereocenters. The number of methoxy groups -OCH3 is 1. The fourth-order valence-corrected chi connectivity index (χ4v) is 10.2. The molecule has 6 rings (SSSR count). The smallest absolute Gasteiger partial charge is 0.305 e. The van der Waals surface area contributed by atoms with Gasteiger partial charge >= 0.3 is 10.8 Å². The summed E-state index contributed by atoms with van der Waals surface area (Å²) in [5.74, 6) is -1.28.